The number of ether oxygens (including phenoxy) is 1. The molecule has 35 heavy (non-hydrogen) atoms. The number of halogens is 2. The first-order chi connectivity index (χ1) is 16.8. The fourth-order valence-electron chi connectivity index (χ4n) is 3.34. The van der Waals surface area contributed by atoms with Crippen molar-refractivity contribution in [2.24, 2.45) is 5.10 Å². The van der Waals surface area contributed by atoms with Crippen molar-refractivity contribution in [3.63, 3.8) is 0 Å². The second-order valence-corrected chi connectivity index (χ2v) is 8.98. The number of benzene rings is 3. The third-order valence-electron chi connectivity index (χ3n) is 5.03. The molecular formula is C26H22BrFN4O3. The largest absolute Gasteiger partial charge is 0.484 e. The fourth-order valence-corrected chi connectivity index (χ4v) is 3.70. The number of fused-ring (bicyclic) bond motifs is 1. The summed E-state index contributed by atoms with van der Waals surface area (Å²) in [4.78, 5) is 29.8. The minimum atomic E-state index is -0.434. The van der Waals surface area contributed by atoms with Crippen molar-refractivity contribution < 1.29 is 13.9 Å². The summed E-state index contributed by atoms with van der Waals surface area (Å²) in [6.07, 6.45) is 1.57. The average Bonchev–Trinajstić information content (AvgIpc) is 2.83. The molecule has 0 atom stereocenters. The smallest absolute Gasteiger partial charge is 0.282 e. The molecule has 0 aliphatic rings. The predicted octanol–water partition coefficient (Wildman–Crippen LogP) is 5.32. The number of amides is 1. The van der Waals surface area contributed by atoms with E-state index in [9.17, 15) is 14.0 Å². The van der Waals surface area contributed by atoms with E-state index in [1.54, 1.807) is 48.7 Å². The van der Waals surface area contributed by atoms with Crippen LogP contribution in [0.4, 0.5) is 10.1 Å². The maximum Gasteiger partial charge on any atom is 0.282 e. The minimum absolute atomic E-state index is 0.0119. The van der Waals surface area contributed by atoms with Gasteiger partial charge in [0.15, 0.2) is 6.61 Å². The molecular weight excluding hydrogens is 515 g/mol. The summed E-state index contributed by atoms with van der Waals surface area (Å²) in [5, 5.41) is 7.45. The van der Waals surface area contributed by atoms with E-state index in [0.29, 0.717) is 28.2 Å². The zero-order chi connectivity index (χ0) is 24.9. The molecule has 178 valence electrons. The quantitative estimate of drug-likeness (QED) is 0.324. The third-order valence-corrected chi connectivity index (χ3v) is 5.52. The van der Waals surface area contributed by atoms with Crippen LogP contribution in [-0.2, 0) is 4.79 Å². The Morgan fingerprint density at radius 1 is 1.17 bits per heavy atom. The number of rotatable bonds is 7. The minimum Gasteiger partial charge on any atom is -0.484 e. The number of nitrogens with one attached hydrogen (secondary N) is 1. The topological polar surface area (TPSA) is 85.6 Å². The molecule has 0 saturated carbocycles. The highest BCUT2D eigenvalue weighted by atomic mass is 79.9. The highest BCUT2D eigenvalue weighted by molar-refractivity contribution is 9.10. The van der Waals surface area contributed by atoms with Crippen molar-refractivity contribution in [2.45, 2.75) is 19.8 Å². The van der Waals surface area contributed by atoms with E-state index in [0.717, 1.165) is 10.0 Å². The van der Waals surface area contributed by atoms with Gasteiger partial charge in [-0.15, -0.1) is 0 Å². The van der Waals surface area contributed by atoms with E-state index in [4.69, 9.17) is 4.74 Å². The molecule has 3 aromatic carbocycles. The Kier molecular flexibility index (Phi) is 7.36. The summed E-state index contributed by atoms with van der Waals surface area (Å²) in [7, 11) is 0. The molecule has 4 rings (SSSR count). The first kappa shape index (κ1) is 24.3. The molecule has 0 radical (unpaired) electrons. The first-order valence-corrected chi connectivity index (χ1v) is 11.6. The van der Waals surface area contributed by atoms with Gasteiger partial charge in [0, 0.05) is 16.1 Å². The lowest BCUT2D eigenvalue weighted by Gasteiger charge is -2.12. The van der Waals surface area contributed by atoms with Crippen molar-refractivity contribution in [1.82, 2.24) is 9.66 Å². The zero-order valence-electron chi connectivity index (χ0n) is 19.0. The maximum atomic E-state index is 13.2. The summed E-state index contributed by atoms with van der Waals surface area (Å²) in [6, 6.07) is 17.9. The molecule has 7 nitrogen and oxygen atoms in total. The van der Waals surface area contributed by atoms with E-state index in [1.807, 2.05) is 19.9 Å². The van der Waals surface area contributed by atoms with Crippen molar-refractivity contribution in [3.05, 3.63) is 98.8 Å². The molecule has 0 aliphatic heterocycles. The van der Waals surface area contributed by atoms with E-state index in [-0.39, 0.29) is 18.1 Å². The summed E-state index contributed by atoms with van der Waals surface area (Å²) < 4.78 is 20.8. The normalized spacial score (nSPS) is 11.3. The average molecular weight is 537 g/mol. The molecule has 1 N–H and O–H groups in total. The van der Waals surface area contributed by atoms with E-state index < -0.39 is 11.7 Å². The number of anilines is 1. The molecule has 0 spiro atoms. The zero-order valence-corrected chi connectivity index (χ0v) is 20.6. The van der Waals surface area contributed by atoms with Gasteiger partial charge in [-0.1, -0.05) is 35.8 Å². The Morgan fingerprint density at radius 2 is 1.94 bits per heavy atom. The van der Waals surface area contributed by atoms with Crippen LogP contribution >= 0.6 is 15.9 Å². The first-order valence-electron chi connectivity index (χ1n) is 10.8. The molecule has 1 amide bonds. The van der Waals surface area contributed by atoms with Crippen LogP contribution < -0.4 is 15.6 Å². The van der Waals surface area contributed by atoms with Crippen molar-refractivity contribution in [1.29, 1.82) is 0 Å². The lowest BCUT2D eigenvalue weighted by Crippen LogP contribution is -2.23. The SMILES string of the molecule is CC(C)c1nc2ccc(Br)cc2c(=O)n1N=Cc1ccc(OCC(=O)Nc2cccc(F)c2)cc1. The Bertz CT molecular complexity index is 1470. The monoisotopic (exact) mass is 536 g/mol. The van der Waals surface area contributed by atoms with Crippen LogP contribution in [0.15, 0.2) is 81.1 Å². The number of nitrogens with zero attached hydrogens (tertiary/aromatic N) is 3. The maximum absolute atomic E-state index is 13.2. The summed E-state index contributed by atoms with van der Waals surface area (Å²) in [5.41, 5.74) is 1.46. The number of hydrogen-bond acceptors (Lipinski definition) is 5. The van der Waals surface area contributed by atoms with Crippen LogP contribution in [0.1, 0.15) is 31.2 Å². The van der Waals surface area contributed by atoms with Gasteiger partial charge in [-0.25, -0.2) is 9.37 Å². The Balaban J connectivity index is 1.46. The van der Waals surface area contributed by atoms with Crippen LogP contribution in [0.5, 0.6) is 5.75 Å². The van der Waals surface area contributed by atoms with Gasteiger partial charge in [-0.2, -0.15) is 9.78 Å². The Hall–Kier alpha value is -3.85. The highest BCUT2D eigenvalue weighted by Gasteiger charge is 2.13. The van der Waals surface area contributed by atoms with Gasteiger partial charge >= 0.3 is 0 Å². The molecule has 1 aromatic heterocycles. The Labute approximate surface area is 209 Å². The van der Waals surface area contributed by atoms with Crippen molar-refractivity contribution in [3.8, 4) is 5.75 Å². The molecule has 4 aromatic rings. The molecule has 9 heteroatoms. The predicted molar refractivity (Wildman–Crippen MR) is 138 cm³/mol. The van der Waals surface area contributed by atoms with Crippen LogP contribution in [0, 0.1) is 5.82 Å². The van der Waals surface area contributed by atoms with Gasteiger partial charge in [-0.05, 0) is 66.2 Å². The molecule has 0 saturated heterocycles. The van der Waals surface area contributed by atoms with Crippen molar-refractivity contribution >= 4 is 44.6 Å². The number of carbonyl (C=O) groups excluding carboxylic acids is 1. The van der Waals surface area contributed by atoms with E-state index in [1.165, 1.54) is 22.9 Å². The second kappa shape index (κ2) is 10.6. The van der Waals surface area contributed by atoms with Gasteiger partial charge in [0.1, 0.15) is 17.4 Å². The summed E-state index contributed by atoms with van der Waals surface area (Å²) >= 11 is 3.40. The fraction of sp³-hybridized carbons (Fsp3) is 0.154. The lowest BCUT2D eigenvalue weighted by atomic mass is 10.2. The number of hydrogen-bond donors (Lipinski definition) is 1. The number of carbonyl (C=O) groups is 1. The van der Waals surface area contributed by atoms with Crippen molar-refractivity contribution in [2.75, 3.05) is 11.9 Å². The molecule has 0 bridgehead atoms. The van der Waals surface area contributed by atoms with Gasteiger partial charge in [0.05, 0.1) is 17.1 Å². The van der Waals surface area contributed by atoms with Crippen LogP contribution in [0.2, 0.25) is 0 Å². The molecule has 0 unspecified atom stereocenters. The molecule has 0 aliphatic carbocycles. The highest BCUT2D eigenvalue weighted by Crippen LogP contribution is 2.19. The van der Waals surface area contributed by atoms with Gasteiger partial charge in [0.25, 0.3) is 11.5 Å². The number of aromatic nitrogens is 2. The third kappa shape index (κ3) is 5.99. The van der Waals surface area contributed by atoms with Crippen LogP contribution in [-0.4, -0.2) is 28.4 Å². The lowest BCUT2D eigenvalue weighted by molar-refractivity contribution is -0.118. The van der Waals surface area contributed by atoms with Crippen LogP contribution in [0.3, 0.4) is 0 Å². The second-order valence-electron chi connectivity index (χ2n) is 8.06. The molecule has 1 heterocycles. The van der Waals surface area contributed by atoms with Gasteiger partial charge < -0.3 is 10.1 Å². The van der Waals surface area contributed by atoms with E-state index in [2.05, 4.69) is 31.3 Å². The Morgan fingerprint density at radius 3 is 2.66 bits per heavy atom. The van der Waals surface area contributed by atoms with Crippen LogP contribution in [0.25, 0.3) is 10.9 Å². The van der Waals surface area contributed by atoms with E-state index >= 15 is 0 Å². The van der Waals surface area contributed by atoms with Gasteiger partial charge in [-0.3, -0.25) is 9.59 Å². The standard InChI is InChI=1S/C26H22BrFN4O3/c1-16(2)25-31-23-11-8-18(27)12-22(23)26(34)32(25)29-14-17-6-9-21(10-7-17)35-15-24(33)30-20-5-3-4-19(28)13-20/h3-14,16H,15H2,1-2H3,(H,30,33). The van der Waals surface area contributed by atoms with Gasteiger partial charge in [0.2, 0.25) is 0 Å². The summed E-state index contributed by atoms with van der Waals surface area (Å²) in [6.45, 7) is 3.68. The summed E-state index contributed by atoms with van der Waals surface area (Å²) in [5.74, 6) is 0.190. The molecule has 0 fully saturated rings.